The molecule has 2 nitrogen and oxygen atoms in total. The van der Waals surface area contributed by atoms with Crippen molar-refractivity contribution in [2.45, 2.75) is 50.2 Å². The fourth-order valence-electron chi connectivity index (χ4n) is 2.68. The summed E-state index contributed by atoms with van der Waals surface area (Å²) in [7, 11) is 0. The molecule has 1 aliphatic rings. The van der Waals surface area contributed by atoms with Crippen molar-refractivity contribution in [3.8, 4) is 0 Å². The lowest BCUT2D eigenvalue weighted by Crippen LogP contribution is -2.33. The van der Waals surface area contributed by atoms with Gasteiger partial charge in [-0.3, -0.25) is 0 Å². The van der Waals surface area contributed by atoms with Crippen LogP contribution in [0.4, 0.5) is 0 Å². The molecule has 3 heteroatoms. The molecular formula is C16H23NOS. The first kappa shape index (κ1) is 14.4. The fourth-order valence-corrected chi connectivity index (χ4v) is 3.95. The van der Waals surface area contributed by atoms with Crippen molar-refractivity contribution in [3.63, 3.8) is 0 Å². The van der Waals surface area contributed by atoms with Crippen LogP contribution in [0.3, 0.4) is 0 Å². The average Bonchev–Trinajstić information content (AvgIpc) is 2.39. The molecule has 0 saturated heterocycles. The molecule has 2 rings (SSSR count). The van der Waals surface area contributed by atoms with Crippen LogP contribution >= 0.6 is 11.8 Å². The van der Waals surface area contributed by atoms with Crippen molar-refractivity contribution in [2.24, 2.45) is 16.5 Å². The quantitative estimate of drug-likeness (QED) is 0.620. The summed E-state index contributed by atoms with van der Waals surface area (Å²) in [6.45, 7) is 6.93. The van der Waals surface area contributed by atoms with Crippen molar-refractivity contribution < 1.29 is 5.21 Å². The SMILES string of the molecule is CC(C)(C)[C@@H]1CC/C(=N\O)[C@@H](Sc2ccccc2)C1. The van der Waals surface area contributed by atoms with Crippen LogP contribution in [-0.4, -0.2) is 16.2 Å². The Hall–Kier alpha value is -0.960. The van der Waals surface area contributed by atoms with Gasteiger partial charge >= 0.3 is 0 Å². The minimum absolute atomic E-state index is 0.311. The highest BCUT2D eigenvalue weighted by atomic mass is 32.2. The Labute approximate surface area is 120 Å². The van der Waals surface area contributed by atoms with Gasteiger partial charge in [0.05, 0.1) is 11.0 Å². The lowest BCUT2D eigenvalue weighted by molar-refractivity contribution is 0.207. The van der Waals surface area contributed by atoms with E-state index in [9.17, 15) is 5.21 Å². The number of oxime groups is 1. The zero-order valence-corrected chi connectivity index (χ0v) is 12.8. The molecule has 2 atom stereocenters. The van der Waals surface area contributed by atoms with E-state index in [-0.39, 0.29) is 0 Å². The first-order valence-electron chi connectivity index (χ1n) is 6.93. The minimum Gasteiger partial charge on any atom is -0.411 e. The van der Waals surface area contributed by atoms with Crippen LogP contribution < -0.4 is 0 Å². The highest BCUT2D eigenvalue weighted by Crippen LogP contribution is 2.42. The van der Waals surface area contributed by atoms with Crippen molar-refractivity contribution in [2.75, 3.05) is 0 Å². The second-order valence-corrected chi connectivity index (χ2v) is 7.62. The van der Waals surface area contributed by atoms with E-state index in [1.807, 2.05) is 17.8 Å². The molecule has 0 amide bonds. The summed E-state index contributed by atoms with van der Waals surface area (Å²) in [5, 5.41) is 13.1. The predicted molar refractivity (Wildman–Crippen MR) is 82.1 cm³/mol. The van der Waals surface area contributed by atoms with Gasteiger partial charge in [0.15, 0.2) is 0 Å². The van der Waals surface area contributed by atoms with E-state index in [4.69, 9.17) is 0 Å². The zero-order chi connectivity index (χ0) is 13.9. The van der Waals surface area contributed by atoms with Gasteiger partial charge in [0.1, 0.15) is 0 Å². The highest BCUT2D eigenvalue weighted by Gasteiger charge is 2.34. The first-order valence-corrected chi connectivity index (χ1v) is 7.81. The number of nitrogens with zero attached hydrogens (tertiary/aromatic N) is 1. The van der Waals surface area contributed by atoms with Gasteiger partial charge in [-0.05, 0) is 42.7 Å². The molecule has 0 bridgehead atoms. The summed E-state index contributed by atoms with van der Waals surface area (Å²) in [6.07, 6.45) is 3.15. The van der Waals surface area contributed by atoms with Crippen molar-refractivity contribution >= 4 is 17.5 Å². The van der Waals surface area contributed by atoms with E-state index >= 15 is 0 Å². The molecule has 1 aromatic rings. The lowest BCUT2D eigenvalue weighted by Gasteiger charge is -2.37. The van der Waals surface area contributed by atoms with Gasteiger partial charge in [-0.2, -0.15) is 0 Å². The molecule has 1 fully saturated rings. The summed E-state index contributed by atoms with van der Waals surface area (Å²) in [6, 6.07) is 10.4. The Balaban J connectivity index is 2.11. The van der Waals surface area contributed by atoms with Gasteiger partial charge in [-0.15, -0.1) is 11.8 Å². The molecule has 19 heavy (non-hydrogen) atoms. The van der Waals surface area contributed by atoms with Gasteiger partial charge in [-0.25, -0.2) is 0 Å². The maximum atomic E-state index is 9.20. The summed E-state index contributed by atoms with van der Waals surface area (Å²) in [4.78, 5) is 1.25. The van der Waals surface area contributed by atoms with E-state index in [1.54, 1.807) is 0 Å². The highest BCUT2D eigenvalue weighted by molar-refractivity contribution is 8.00. The van der Waals surface area contributed by atoms with Crippen LogP contribution in [0.1, 0.15) is 40.0 Å². The Bertz CT molecular complexity index is 436. The molecule has 0 aliphatic heterocycles. The fraction of sp³-hybridized carbons (Fsp3) is 0.562. The van der Waals surface area contributed by atoms with Gasteiger partial charge < -0.3 is 5.21 Å². The topological polar surface area (TPSA) is 32.6 Å². The van der Waals surface area contributed by atoms with Gasteiger partial charge in [0.25, 0.3) is 0 Å². The summed E-state index contributed by atoms with van der Waals surface area (Å²) < 4.78 is 0. The zero-order valence-electron chi connectivity index (χ0n) is 12.0. The van der Waals surface area contributed by atoms with Crippen LogP contribution in [0.15, 0.2) is 40.4 Å². The van der Waals surface area contributed by atoms with E-state index in [0.29, 0.717) is 16.6 Å². The molecule has 0 radical (unpaired) electrons. The number of benzene rings is 1. The Morgan fingerprint density at radius 2 is 1.89 bits per heavy atom. The average molecular weight is 277 g/mol. The Kier molecular flexibility index (Phi) is 4.56. The lowest BCUT2D eigenvalue weighted by atomic mass is 9.72. The number of hydrogen-bond donors (Lipinski definition) is 1. The number of hydrogen-bond acceptors (Lipinski definition) is 3. The third-order valence-electron chi connectivity index (χ3n) is 3.99. The third-order valence-corrected chi connectivity index (χ3v) is 5.29. The minimum atomic E-state index is 0.311. The van der Waals surface area contributed by atoms with Crippen LogP contribution in [0, 0.1) is 11.3 Å². The standard InChI is InChI=1S/C16H23NOS/c1-16(2,3)12-9-10-14(17-18)15(11-12)19-13-7-5-4-6-8-13/h4-8,12,15,18H,9-11H2,1-3H3/b17-14+/t12-,15+/m1/s1. The molecule has 1 N–H and O–H groups in total. The molecule has 0 aromatic heterocycles. The largest absolute Gasteiger partial charge is 0.411 e. The summed E-state index contributed by atoms with van der Waals surface area (Å²) in [5.41, 5.74) is 1.28. The number of rotatable bonds is 2. The third kappa shape index (κ3) is 3.75. The predicted octanol–water partition coefficient (Wildman–Crippen LogP) is 4.82. The normalized spacial score (nSPS) is 26.6. The van der Waals surface area contributed by atoms with Gasteiger partial charge in [-0.1, -0.05) is 44.1 Å². The van der Waals surface area contributed by atoms with Crippen LogP contribution in [0.25, 0.3) is 0 Å². The Morgan fingerprint density at radius 3 is 2.47 bits per heavy atom. The first-order chi connectivity index (χ1) is 9.00. The monoisotopic (exact) mass is 277 g/mol. The van der Waals surface area contributed by atoms with Crippen molar-refractivity contribution in [1.82, 2.24) is 0 Å². The summed E-state index contributed by atoms with van der Waals surface area (Å²) in [5.74, 6) is 0.694. The van der Waals surface area contributed by atoms with E-state index in [2.05, 4.69) is 50.2 Å². The smallest absolute Gasteiger partial charge is 0.0704 e. The Morgan fingerprint density at radius 1 is 1.21 bits per heavy atom. The van der Waals surface area contributed by atoms with E-state index < -0.39 is 0 Å². The van der Waals surface area contributed by atoms with Gasteiger partial charge in [0, 0.05) is 4.90 Å². The second kappa shape index (κ2) is 6.00. The molecule has 0 spiro atoms. The molecule has 1 saturated carbocycles. The van der Waals surface area contributed by atoms with Crippen molar-refractivity contribution in [1.29, 1.82) is 0 Å². The molecule has 1 aromatic carbocycles. The van der Waals surface area contributed by atoms with E-state index in [0.717, 1.165) is 25.0 Å². The molecule has 0 heterocycles. The summed E-state index contributed by atoms with van der Waals surface area (Å²) >= 11 is 1.83. The number of thioether (sulfide) groups is 1. The van der Waals surface area contributed by atoms with E-state index in [1.165, 1.54) is 4.90 Å². The maximum absolute atomic E-state index is 9.20. The van der Waals surface area contributed by atoms with Crippen LogP contribution in [0.5, 0.6) is 0 Å². The molecule has 104 valence electrons. The van der Waals surface area contributed by atoms with Gasteiger partial charge in [0.2, 0.25) is 0 Å². The molecule has 0 unspecified atom stereocenters. The molecular weight excluding hydrogens is 254 g/mol. The maximum Gasteiger partial charge on any atom is 0.0704 e. The van der Waals surface area contributed by atoms with Crippen molar-refractivity contribution in [3.05, 3.63) is 30.3 Å². The second-order valence-electron chi connectivity index (χ2n) is 6.35. The van der Waals surface area contributed by atoms with Crippen LogP contribution in [-0.2, 0) is 0 Å². The van der Waals surface area contributed by atoms with Crippen LogP contribution in [0.2, 0.25) is 0 Å². The molecule has 1 aliphatic carbocycles.